The standard InChI is InChI=1S/C35H48N8O5/c1-5-6-21-48-34-38-32(36)31-33(39-34)43(35(46)37-31)18-10-17-42(24-28-15-13-26(14-16-28)22-30(45)47-4)29(44)25-41(20-19-40(2)3)23-27-11-8-7-9-12-27/h7-9,11-16H,5-6,10,17-25H2,1-4H3,(H,37,46)(H2,36,38,39). The molecule has 0 aliphatic carbocycles. The zero-order valence-electron chi connectivity index (χ0n) is 28.5. The molecule has 2 heterocycles. The van der Waals surface area contributed by atoms with Crippen molar-refractivity contribution in [3.05, 3.63) is 81.8 Å². The molecule has 1 amide bonds. The van der Waals surface area contributed by atoms with Gasteiger partial charge in [0.15, 0.2) is 11.5 Å². The highest BCUT2D eigenvalue weighted by atomic mass is 16.5. The highest BCUT2D eigenvalue weighted by Gasteiger charge is 2.20. The monoisotopic (exact) mass is 660 g/mol. The molecule has 0 saturated carbocycles. The van der Waals surface area contributed by atoms with Gasteiger partial charge >= 0.3 is 17.7 Å². The number of rotatable bonds is 19. The number of methoxy groups -OCH3 is 1. The number of hydrogen-bond acceptors (Lipinski definition) is 10. The lowest BCUT2D eigenvalue weighted by Gasteiger charge is -2.29. The molecule has 0 aliphatic rings. The third-order valence-corrected chi connectivity index (χ3v) is 7.97. The normalized spacial score (nSPS) is 11.4. The lowest BCUT2D eigenvalue weighted by molar-refractivity contribution is -0.139. The number of amides is 1. The van der Waals surface area contributed by atoms with Gasteiger partial charge in [0.1, 0.15) is 5.52 Å². The van der Waals surface area contributed by atoms with Crippen LogP contribution in [0.3, 0.4) is 0 Å². The number of nitrogens with one attached hydrogen (secondary N) is 1. The van der Waals surface area contributed by atoms with E-state index in [0.717, 1.165) is 42.6 Å². The molecule has 0 unspecified atom stereocenters. The predicted octanol–water partition coefficient (Wildman–Crippen LogP) is 3.08. The Labute approximate surface area is 281 Å². The lowest BCUT2D eigenvalue weighted by Crippen LogP contribution is -2.42. The van der Waals surface area contributed by atoms with E-state index >= 15 is 0 Å². The fraction of sp³-hybridized carbons (Fsp3) is 0.457. The zero-order valence-corrected chi connectivity index (χ0v) is 28.5. The summed E-state index contributed by atoms with van der Waals surface area (Å²) >= 11 is 0. The number of H-pyrrole nitrogens is 1. The number of hydrogen-bond donors (Lipinski definition) is 2. The van der Waals surface area contributed by atoms with E-state index in [1.807, 2.05) is 61.5 Å². The Morgan fingerprint density at radius 3 is 2.31 bits per heavy atom. The topological polar surface area (TPSA) is 152 Å². The Bertz CT molecular complexity index is 1670. The minimum Gasteiger partial charge on any atom is -0.469 e. The fourth-order valence-electron chi connectivity index (χ4n) is 5.23. The third-order valence-electron chi connectivity index (χ3n) is 7.97. The van der Waals surface area contributed by atoms with Crippen molar-refractivity contribution < 1.29 is 19.1 Å². The molecule has 0 spiro atoms. The van der Waals surface area contributed by atoms with E-state index in [2.05, 4.69) is 43.8 Å². The van der Waals surface area contributed by atoms with Crippen molar-refractivity contribution in [3.63, 3.8) is 0 Å². The van der Waals surface area contributed by atoms with Crippen molar-refractivity contribution in [1.82, 2.24) is 34.2 Å². The van der Waals surface area contributed by atoms with Gasteiger partial charge in [-0.25, -0.2) is 4.79 Å². The number of fused-ring (bicyclic) bond motifs is 1. The van der Waals surface area contributed by atoms with Gasteiger partial charge in [0.25, 0.3) is 0 Å². The van der Waals surface area contributed by atoms with E-state index in [1.54, 1.807) is 0 Å². The molecule has 4 rings (SSSR count). The second kappa shape index (κ2) is 18.0. The minimum absolute atomic E-state index is 0.0206. The number of likely N-dealkylation sites (N-methyl/N-ethyl adjacent to an activating group) is 1. The van der Waals surface area contributed by atoms with Crippen molar-refractivity contribution >= 4 is 28.9 Å². The molecule has 3 N–H and O–H groups in total. The summed E-state index contributed by atoms with van der Waals surface area (Å²) in [7, 11) is 5.40. The zero-order chi connectivity index (χ0) is 34.5. The number of ether oxygens (including phenoxy) is 2. The van der Waals surface area contributed by atoms with Gasteiger partial charge in [0.05, 0.1) is 26.7 Å². The first-order valence-corrected chi connectivity index (χ1v) is 16.4. The molecular weight excluding hydrogens is 612 g/mol. The van der Waals surface area contributed by atoms with Gasteiger partial charge in [0, 0.05) is 39.3 Å². The largest absolute Gasteiger partial charge is 0.469 e. The summed E-state index contributed by atoms with van der Waals surface area (Å²) in [6, 6.07) is 17.9. The van der Waals surface area contributed by atoms with Gasteiger partial charge in [-0.15, -0.1) is 0 Å². The van der Waals surface area contributed by atoms with Crippen molar-refractivity contribution in [1.29, 1.82) is 0 Å². The minimum atomic E-state index is -0.353. The molecule has 0 bridgehead atoms. The number of aromatic amines is 1. The van der Waals surface area contributed by atoms with E-state index < -0.39 is 0 Å². The number of benzene rings is 2. The number of anilines is 1. The number of carbonyl (C=O) groups excluding carboxylic acids is 2. The molecule has 13 nitrogen and oxygen atoms in total. The highest BCUT2D eigenvalue weighted by Crippen LogP contribution is 2.19. The number of carbonyl (C=O) groups is 2. The average molecular weight is 661 g/mol. The van der Waals surface area contributed by atoms with E-state index in [9.17, 15) is 14.4 Å². The van der Waals surface area contributed by atoms with Crippen LogP contribution in [-0.4, -0.2) is 100 Å². The van der Waals surface area contributed by atoms with Gasteiger partial charge < -0.3 is 30.0 Å². The van der Waals surface area contributed by atoms with Crippen LogP contribution in [-0.2, 0) is 40.4 Å². The highest BCUT2D eigenvalue weighted by molar-refractivity contribution is 5.82. The number of nitrogens with two attached hydrogens (primary N) is 1. The van der Waals surface area contributed by atoms with Gasteiger partial charge in [-0.2, -0.15) is 9.97 Å². The summed E-state index contributed by atoms with van der Waals surface area (Å²) in [6.45, 7) is 5.99. The second-order valence-electron chi connectivity index (χ2n) is 12.1. The first kappa shape index (κ1) is 36.1. The van der Waals surface area contributed by atoms with E-state index in [1.165, 1.54) is 11.7 Å². The van der Waals surface area contributed by atoms with Crippen molar-refractivity contribution in [2.24, 2.45) is 0 Å². The summed E-state index contributed by atoms with van der Waals surface area (Å²) in [6.07, 6.45) is 2.47. The maximum atomic E-state index is 14.0. The quantitative estimate of drug-likeness (QED) is 0.113. The number of nitrogen functional groups attached to an aromatic ring is 1. The number of aromatic nitrogens is 4. The van der Waals surface area contributed by atoms with Crippen molar-refractivity contribution in [3.8, 4) is 6.01 Å². The van der Waals surface area contributed by atoms with Crippen LogP contribution in [0.5, 0.6) is 6.01 Å². The molecule has 258 valence electrons. The van der Waals surface area contributed by atoms with Crippen LogP contribution in [0.1, 0.15) is 42.9 Å². The lowest BCUT2D eigenvalue weighted by atomic mass is 10.1. The number of esters is 1. The molecule has 48 heavy (non-hydrogen) atoms. The number of unbranched alkanes of at least 4 members (excludes halogenated alkanes) is 1. The number of aryl methyl sites for hydroxylation is 1. The van der Waals surface area contributed by atoms with Gasteiger partial charge in [0.2, 0.25) is 5.91 Å². The van der Waals surface area contributed by atoms with Crippen molar-refractivity contribution in [2.75, 3.05) is 59.7 Å². The van der Waals surface area contributed by atoms with Crippen molar-refractivity contribution in [2.45, 2.75) is 52.2 Å². The molecule has 2 aromatic carbocycles. The summed E-state index contributed by atoms with van der Waals surface area (Å²) in [5.74, 6) is -0.186. The van der Waals surface area contributed by atoms with E-state index in [0.29, 0.717) is 50.4 Å². The first-order valence-electron chi connectivity index (χ1n) is 16.4. The van der Waals surface area contributed by atoms with Gasteiger partial charge in [-0.05, 0) is 43.6 Å². The molecule has 2 aromatic heterocycles. The Morgan fingerprint density at radius 1 is 0.917 bits per heavy atom. The van der Waals surface area contributed by atoms with Gasteiger partial charge in [-0.3, -0.25) is 19.1 Å². The maximum Gasteiger partial charge on any atom is 0.327 e. The molecular formula is C35H48N8O5. The molecule has 13 heteroatoms. The molecule has 0 aliphatic heterocycles. The van der Waals surface area contributed by atoms with Crippen LogP contribution in [0.25, 0.3) is 11.2 Å². The van der Waals surface area contributed by atoms with E-state index in [4.69, 9.17) is 15.2 Å². The Kier molecular flexibility index (Phi) is 13.5. The van der Waals surface area contributed by atoms with Crippen LogP contribution < -0.4 is 16.2 Å². The smallest absolute Gasteiger partial charge is 0.327 e. The summed E-state index contributed by atoms with van der Waals surface area (Å²) in [5.41, 5.74) is 9.41. The van der Waals surface area contributed by atoms with E-state index in [-0.39, 0.29) is 42.4 Å². The number of nitrogens with zero attached hydrogens (tertiary/aromatic N) is 6. The molecule has 0 radical (unpaired) electrons. The summed E-state index contributed by atoms with van der Waals surface area (Å²) < 4.78 is 12.0. The van der Waals surface area contributed by atoms with Crippen LogP contribution in [0.4, 0.5) is 5.82 Å². The number of imidazole rings is 1. The Hall–Kier alpha value is -4.75. The third kappa shape index (κ3) is 10.6. The average Bonchev–Trinajstić information content (AvgIpc) is 3.39. The summed E-state index contributed by atoms with van der Waals surface area (Å²) in [4.78, 5) is 56.2. The molecule has 4 aromatic rings. The Balaban J connectivity index is 1.53. The predicted molar refractivity (Wildman–Crippen MR) is 185 cm³/mol. The first-order chi connectivity index (χ1) is 23.2. The van der Waals surface area contributed by atoms with Crippen LogP contribution in [0.2, 0.25) is 0 Å². The molecule has 0 atom stereocenters. The van der Waals surface area contributed by atoms with Crippen LogP contribution in [0, 0.1) is 0 Å². The van der Waals surface area contributed by atoms with Crippen LogP contribution >= 0.6 is 0 Å². The van der Waals surface area contributed by atoms with Gasteiger partial charge in [-0.1, -0.05) is 67.9 Å². The molecule has 0 fully saturated rings. The van der Waals surface area contributed by atoms with Crippen LogP contribution in [0.15, 0.2) is 59.4 Å². The Morgan fingerprint density at radius 2 is 1.62 bits per heavy atom. The SMILES string of the molecule is CCCCOc1nc(N)c2[nH]c(=O)n(CCCN(Cc3ccc(CC(=O)OC)cc3)C(=O)CN(CCN(C)C)Cc3ccccc3)c2n1. The molecule has 0 saturated heterocycles. The maximum absolute atomic E-state index is 14.0. The summed E-state index contributed by atoms with van der Waals surface area (Å²) in [5, 5.41) is 0. The second-order valence-corrected chi connectivity index (χ2v) is 12.1. The fourth-order valence-corrected chi connectivity index (χ4v) is 5.23.